The van der Waals surface area contributed by atoms with Gasteiger partial charge in [0.05, 0.1) is 13.7 Å². The van der Waals surface area contributed by atoms with Crippen LogP contribution in [0.5, 0.6) is 11.5 Å². The minimum atomic E-state index is -0.0457. The van der Waals surface area contributed by atoms with Crippen molar-refractivity contribution >= 4 is 15.9 Å². The molecule has 0 fully saturated rings. The first-order chi connectivity index (χ1) is 9.24. The molecule has 100 valence electrons. The zero-order valence-corrected chi connectivity index (χ0v) is 12.2. The quantitative estimate of drug-likeness (QED) is 0.915. The molecule has 19 heavy (non-hydrogen) atoms. The summed E-state index contributed by atoms with van der Waals surface area (Å²) >= 11 is 3.40. The van der Waals surface area contributed by atoms with Crippen molar-refractivity contribution in [2.75, 3.05) is 7.11 Å². The van der Waals surface area contributed by atoms with E-state index in [1.165, 1.54) is 0 Å². The van der Waals surface area contributed by atoms with Crippen molar-refractivity contribution in [1.29, 1.82) is 0 Å². The van der Waals surface area contributed by atoms with E-state index in [2.05, 4.69) is 15.9 Å². The first kappa shape index (κ1) is 13.9. The van der Waals surface area contributed by atoms with Gasteiger partial charge in [0.25, 0.3) is 0 Å². The highest BCUT2D eigenvalue weighted by Gasteiger charge is 2.10. The molecule has 0 aliphatic rings. The Hall–Kier alpha value is -1.52. The van der Waals surface area contributed by atoms with Gasteiger partial charge in [-0.2, -0.15) is 0 Å². The maximum atomic E-state index is 9.21. The van der Waals surface area contributed by atoms with Gasteiger partial charge in [0, 0.05) is 4.47 Å². The predicted octanol–water partition coefficient (Wildman–Crippen LogP) is 3.53. The van der Waals surface area contributed by atoms with Crippen LogP contribution in [0.25, 0.3) is 0 Å². The third kappa shape index (κ3) is 3.49. The molecular formula is C15H15BrO3. The molecule has 0 radical (unpaired) electrons. The average Bonchev–Trinajstić information content (AvgIpc) is 2.46. The van der Waals surface area contributed by atoms with E-state index in [1.54, 1.807) is 13.2 Å². The third-order valence-electron chi connectivity index (χ3n) is 2.74. The average molecular weight is 323 g/mol. The number of hydrogen-bond donors (Lipinski definition) is 1. The molecular weight excluding hydrogens is 308 g/mol. The molecule has 0 heterocycles. The van der Waals surface area contributed by atoms with Gasteiger partial charge in [0.15, 0.2) is 11.5 Å². The van der Waals surface area contributed by atoms with E-state index in [-0.39, 0.29) is 6.61 Å². The minimum Gasteiger partial charge on any atom is -0.493 e. The lowest BCUT2D eigenvalue weighted by Gasteiger charge is -2.13. The number of halogens is 1. The van der Waals surface area contributed by atoms with Gasteiger partial charge in [-0.3, -0.25) is 0 Å². The molecule has 0 aromatic heterocycles. The number of hydrogen-bond acceptors (Lipinski definition) is 3. The van der Waals surface area contributed by atoms with Crippen molar-refractivity contribution in [3.8, 4) is 11.5 Å². The van der Waals surface area contributed by atoms with Gasteiger partial charge < -0.3 is 14.6 Å². The predicted molar refractivity (Wildman–Crippen MR) is 77.4 cm³/mol. The van der Waals surface area contributed by atoms with Crippen LogP contribution in [0.15, 0.2) is 46.9 Å². The zero-order chi connectivity index (χ0) is 13.7. The van der Waals surface area contributed by atoms with E-state index in [9.17, 15) is 5.11 Å². The highest BCUT2D eigenvalue weighted by atomic mass is 79.9. The van der Waals surface area contributed by atoms with Gasteiger partial charge >= 0.3 is 0 Å². The van der Waals surface area contributed by atoms with Crippen molar-refractivity contribution in [3.63, 3.8) is 0 Å². The first-order valence-electron chi connectivity index (χ1n) is 5.88. The molecule has 0 atom stereocenters. The standard InChI is InChI=1S/C15H15BrO3/c1-18-14-7-12(9-17)13(16)8-15(14)19-10-11-5-3-2-4-6-11/h2-8,17H,9-10H2,1H3. The molecule has 1 N–H and O–H groups in total. The number of rotatable bonds is 5. The van der Waals surface area contributed by atoms with Crippen molar-refractivity contribution in [3.05, 3.63) is 58.1 Å². The van der Waals surface area contributed by atoms with E-state index in [4.69, 9.17) is 9.47 Å². The normalized spacial score (nSPS) is 10.3. The van der Waals surface area contributed by atoms with Crippen molar-refractivity contribution in [2.45, 2.75) is 13.2 Å². The Morgan fingerprint density at radius 1 is 1.11 bits per heavy atom. The molecule has 0 unspecified atom stereocenters. The van der Waals surface area contributed by atoms with Crippen LogP contribution in [0, 0.1) is 0 Å². The van der Waals surface area contributed by atoms with Crippen LogP contribution in [0.1, 0.15) is 11.1 Å². The van der Waals surface area contributed by atoms with E-state index >= 15 is 0 Å². The topological polar surface area (TPSA) is 38.7 Å². The summed E-state index contributed by atoms with van der Waals surface area (Å²) in [5.41, 5.74) is 1.86. The number of aliphatic hydroxyl groups excluding tert-OH is 1. The second-order valence-corrected chi connectivity index (χ2v) is 4.88. The molecule has 0 amide bonds. The number of ether oxygens (including phenoxy) is 2. The Morgan fingerprint density at radius 3 is 2.47 bits per heavy atom. The highest BCUT2D eigenvalue weighted by molar-refractivity contribution is 9.10. The van der Waals surface area contributed by atoms with Crippen LogP contribution < -0.4 is 9.47 Å². The molecule has 3 nitrogen and oxygen atoms in total. The molecule has 0 bridgehead atoms. The molecule has 4 heteroatoms. The zero-order valence-electron chi connectivity index (χ0n) is 10.6. The fraction of sp³-hybridized carbons (Fsp3) is 0.200. The van der Waals surface area contributed by atoms with Gasteiger partial charge in [-0.05, 0) is 23.3 Å². The molecule has 0 saturated carbocycles. The summed E-state index contributed by atoms with van der Waals surface area (Å²) in [6, 6.07) is 13.5. The Bertz CT molecular complexity index is 541. The lowest BCUT2D eigenvalue weighted by atomic mass is 10.2. The van der Waals surface area contributed by atoms with Crippen LogP contribution in [0.4, 0.5) is 0 Å². The summed E-state index contributed by atoms with van der Waals surface area (Å²) < 4.78 is 11.8. The van der Waals surface area contributed by atoms with Crippen molar-refractivity contribution in [2.24, 2.45) is 0 Å². The van der Waals surface area contributed by atoms with E-state index in [0.717, 1.165) is 15.6 Å². The number of benzene rings is 2. The smallest absolute Gasteiger partial charge is 0.162 e. The van der Waals surface area contributed by atoms with Crippen molar-refractivity contribution < 1.29 is 14.6 Å². The maximum Gasteiger partial charge on any atom is 0.162 e. The van der Waals surface area contributed by atoms with E-state index in [1.807, 2.05) is 36.4 Å². The summed E-state index contributed by atoms with van der Waals surface area (Å²) in [4.78, 5) is 0. The molecule has 2 aromatic rings. The monoisotopic (exact) mass is 322 g/mol. The van der Waals surface area contributed by atoms with Gasteiger partial charge in [-0.25, -0.2) is 0 Å². The first-order valence-corrected chi connectivity index (χ1v) is 6.68. The van der Waals surface area contributed by atoms with Crippen LogP contribution in [0.3, 0.4) is 0 Å². The summed E-state index contributed by atoms with van der Waals surface area (Å²) in [5, 5.41) is 9.21. The lowest BCUT2D eigenvalue weighted by Crippen LogP contribution is -1.99. The van der Waals surface area contributed by atoms with Gasteiger partial charge in [0.1, 0.15) is 6.61 Å². The van der Waals surface area contributed by atoms with Crippen LogP contribution >= 0.6 is 15.9 Å². The van der Waals surface area contributed by atoms with Gasteiger partial charge in [-0.15, -0.1) is 0 Å². The van der Waals surface area contributed by atoms with Gasteiger partial charge in [0.2, 0.25) is 0 Å². The molecule has 0 aliphatic carbocycles. The Kier molecular flexibility index (Phi) is 4.82. The lowest BCUT2D eigenvalue weighted by molar-refractivity contribution is 0.273. The van der Waals surface area contributed by atoms with E-state index in [0.29, 0.717) is 18.1 Å². The molecule has 2 aromatic carbocycles. The molecule has 0 saturated heterocycles. The number of aliphatic hydroxyl groups is 1. The second kappa shape index (κ2) is 6.59. The van der Waals surface area contributed by atoms with E-state index < -0.39 is 0 Å². The molecule has 0 spiro atoms. The van der Waals surface area contributed by atoms with Crippen LogP contribution in [-0.2, 0) is 13.2 Å². The highest BCUT2D eigenvalue weighted by Crippen LogP contribution is 2.34. The molecule has 2 rings (SSSR count). The Morgan fingerprint density at radius 2 is 1.84 bits per heavy atom. The Balaban J connectivity index is 2.18. The molecule has 0 aliphatic heterocycles. The minimum absolute atomic E-state index is 0.0457. The fourth-order valence-electron chi connectivity index (χ4n) is 1.71. The second-order valence-electron chi connectivity index (χ2n) is 4.03. The van der Waals surface area contributed by atoms with Gasteiger partial charge in [-0.1, -0.05) is 46.3 Å². The van der Waals surface area contributed by atoms with Crippen LogP contribution in [0.2, 0.25) is 0 Å². The fourth-order valence-corrected chi connectivity index (χ4v) is 2.15. The maximum absolute atomic E-state index is 9.21. The largest absolute Gasteiger partial charge is 0.493 e. The summed E-state index contributed by atoms with van der Waals surface area (Å²) in [6.45, 7) is 0.429. The third-order valence-corrected chi connectivity index (χ3v) is 3.48. The number of methoxy groups -OCH3 is 1. The van der Waals surface area contributed by atoms with Crippen LogP contribution in [-0.4, -0.2) is 12.2 Å². The summed E-state index contributed by atoms with van der Waals surface area (Å²) in [7, 11) is 1.58. The summed E-state index contributed by atoms with van der Waals surface area (Å²) in [6.07, 6.45) is 0. The summed E-state index contributed by atoms with van der Waals surface area (Å²) in [5.74, 6) is 1.26. The SMILES string of the molecule is COc1cc(CO)c(Br)cc1OCc1ccccc1. The Labute approximate surface area is 120 Å². The van der Waals surface area contributed by atoms with Crippen molar-refractivity contribution in [1.82, 2.24) is 0 Å².